The molecular formula is C9H11NO2. The van der Waals surface area contributed by atoms with Crippen molar-refractivity contribution in [2.75, 3.05) is 0 Å². The molecule has 0 aliphatic rings. The highest BCUT2D eigenvalue weighted by Gasteiger charge is 2.19. The maximum atomic E-state index is 10.4. The van der Waals surface area contributed by atoms with E-state index >= 15 is 0 Å². The van der Waals surface area contributed by atoms with Crippen LogP contribution in [0.5, 0.6) is 0 Å². The minimum Gasteiger partial charge on any atom is -0.382 e. The number of hydrogen-bond acceptors (Lipinski definition) is 3. The van der Waals surface area contributed by atoms with E-state index in [1.165, 1.54) is 6.92 Å². The number of nitrogens with zero attached hydrogens (tertiary/aromatic N) is 1. The highest BCUT2D eigenvalue weighted by molar-refractivity contribution is 5.61. The first-order valence-corrected chi connectivity index (χ1v) is 3.72. The summed E-state index contributed by atoms with van der Waals surface area (Å²) in [6, 6.07) is 3.60. The van der Waals surface area contributed by atoms with Crippen LogP contribution in [0.2, 0.25) is 0 Å². The first kappa shape index (κ1) is 8.87. The lowest BCUT2D eigenvalue weighted by Crippen LogP contribution is -2.28. The molecule has 0 saturated heterocycles. The van der Waals surface area contributed by atoms with Gasteiger partial charge in [-0.05, 0) is 18.6 Å². The first-order chi connectivity index (χ1) is 5.64. The summed E-state index contributed by atoms with van der Waals surface area (Å²) in [5, 5.41) is 9.38. The second-order valence-electron chi connectivity index (χ2n) is 3.01. The lowest BCUT2D eigenvalue weighted by Gasteiger charge is -2.14. The summed E-state index contributed by atoms with van der Waals surface area (Å²) in [5.74, 6) is 0. The van der Waals surface area contributed by atoms with E-state index in [2.05, 4.69) is 4.98 Å². The van der Waals surface area contributed by atoms with Crippen LogP contribution >= 0.6 is 0 Å². The van der Waals surface area contributed by atoms with Crippen molar-refractivity contribution in [1.82, 2.24) is 4.98 Å². The van der Waals surface area contributed by atoms with Gasteiger partial charge in [0.25, 0.3) is 0 Å². The van der Waals surface area contributed by atoms with Crippen molar-refractivity contribution in [2.45, 2.75) is 18.9 Å². The number of aldehydes is 1. The molecule has 0 spiro atoms. The quantitative estimate of drug-likeness (QED) is 0.666. The number of carbonyl (C=O) groups excluding carboxylic acids is 1. The van der Waals surface area contributed by atoms with Gasteiger partial charge in [-0.15, -0.1) is 0 Å². The number of rotatable bonds is 3. The Hall–Kier alpha value is -1.22. The van der Waals surface area contributed by atoms with E-state index < -0.39 is 5.60 Å². The molecule has 12 heavy (non-hydrogen) atoms. The van der Waals surface area contributed by atoms with Gasteiger partial charge in [-0.1, -0.05) is 6.07 Å². The summed E-state index contributed by atoms with van der Waals surface area (Å²) in [4.78, 5) is 14.2. The molecule has 1 atom stereocenters. The third-order valence-electron chi connectivity index (χ3n) is 1.54. The molecule has 0 amide bonds. The fourth-order valence-electron chi connectivity index (χ4n) is 0.958. The normalized spacial score (nSPS) is 15.2. The van der Waals surface area contributed by atoms with Crippen molar-refractivity contribution in [2.24, 2.45) is 0 Å². The molecule has 0 aromatic carbocycles. The summed E-state index contributed by atoms with van der Waals surface area (Å²) in [5.41, 5.74) is -0.419. The predicted molar refractivity (Wildman–Crippen MR) is 44.6 cm³/mol. The number of pyridine rings is 1. The van der Waals surface area contributed by atoms with Gasteiger partial charge in [-0.25, -0.2) is 0 Å². The molecule has 0 fully saturated rings. The zero-order valence-corrected chi connectivity index (χ0v) is 6.90. The molecule has 0 saturated carbocycles. The molecule has 0 radical (unpaired) electrons. The van der Waals surface area contributed by atoms with Gasteiger partial charge in [0.05, 0.1) is 0 Å². The summed E-state index contributed by atoms with van der Waals surface area (Å²) in [7, 11) is 0. The number of aliphatic hydroxyl groups is 1. The van der Waals surface area contributed by atoms with Gasteiger partial charge in [0.1, 0.15) is 5.60 Å². The number of aromatic nitrogens is 1. The van der Waals surface area contributed by atoms with Crippen LogP contribution < -0.4 is 0 Å². The fraction of sp³-hybridized carbons (Fsp3) is 0.333. The average molecular weight is 165 g/mol. The Morgan fingerprint density at radius 3 is 3.00 bits per heavy atom. The van der Waals surface area contributed by atoms with Gasteiger partial charge in [-0.3, -0.25) is 4.98 Å². The third-order valence-corrected chi connectivity index (χ3v) is 1.54. The Balaban J connectivity index is 2.70. The second kappa shape index (κ2) is 3.45. The lowest BCUT2D eigenvalue weighted by molar-refractivity contribution is -0.122. The van der Waals surface area contributed by atoms with Crippen LogP contribution in [0.1, 0.15) is 12.5 Å². The Kier molecular flexibility index (Phi) is 2.55. The van der Waals surface area contributed by atoms with Crippen molar-refractivity contribution in [1.29, 1.82) is 0 Å². The zero-order valence-electron chi connectivity index (χ0n) is 6.90. The molecule has 3 nitrogen and oxygen atoms in total. The van der Waals surface area contributed by atoms with E-state index in [0.717, 1.165) is 5.56 Å². The van der Waals surface area contributed by atoms with Crippen molar-refractivity contribution in [3.05, 3.63) is 30.1 Å². The highest BCUT2D eigenvalue weighted by Crippen LogP contribution is 2.08. The standard InChI is InChI=1S/C9H11NO2/c1-9(12,7-11)5-8-3-2-4-10-6-8/h2-4,6-7,12H,5H2,1H3. The maximum absolute atomic E-state index is 10.4. The van der Waals surface area contributed by atoms with Crippen molar-refractivity contribution >= 4 is 6.29 Å². The fourth-order valence-corrected chi connectivity index (χ4v) is 0.958. The average Bonchev–Trinajstić information content (AvgIpc) is 2.06. The van der Waals surface area contributed by atoms with E-state index in [4.69, 9.17) is 0 Å². The summed E-state index contributed by atoms with van der Waals surface area (Å²) >= 11 is 0. The molecule has 0 aliphatic heterocycles. The molecule has 64 valence electrons. The second-order valence-corrected chi connectivity index (χ2v) is 3.01. The van der Waals surface area contributed by atoms with E-state index in [0.29, 0.717) is 12.7 Å². The van der Waals surface area contributed by atoms with Gasteiger partial charge in [-0.2, -0.15) is 0 Å². The van der Waals surface area contributed by atoms with Crippen molar-refractivity contribution < 1.29 is 9.90 Å². The molecule has 1 aromatic heterocycles. The molecule has 0 aliphatic carbocycles. The van der Waals surface area contributed by atoms with Crippen LogP contribution in [0.25, 0.3) is 0 Å². The zero-order chi connectivity index (χ0) is 9.03. The van der Waals surface area contributed by atoms with Crippen LogP contribution in [0.4, 0.5) is 0 Å². The monoisotopic (exact) mass is 165 g/mol. The minimum atomic E-state index is -1.27. The van der Waals surface area contributed by atoms with Crippen molar-refractivity contribution in [3.63, 3.8) is 0 Å². The largest absolute Gasteiger partial charge is 0.382 e. The van der Waals surface area contributed by atoms with Crippen LogP contribution in [0.3, 0.4) is 0 Å². The molecule has 1 unspecified atom stereocenters. The Bertz CT molecular complexity index is 256. The minimum absolute atomic E-state index is 0.310. The molecule has 1 rings (SSSR count). The van der Waals surface area contributed by atoms with Gasteiger partial charge in [0.2, 0.25) is 0 Å². The van der Waals surface area contributed by atoms with Crippen LogP contribution in [0.15, 0.2) is 24.5 Å². The van der Waals surface area contributed by atoms with Crippen LogP contribution in [0, 0.1) is 0 Å². The van der Waals surface area contributed by atoms with Gasteiger partial charge >= 0.3 is 0 Å². The van der Waals surface area contributed by atoms with Crippen molar-refractivity contribution in [3.8, 4) is 0 Å². The number of hydrogen-bond donors (Lipinski definition) is 1. The SMILES string of the molecule is CC(O)(C=O)Cc1cccnc1. The van der Waals surface area contributed by atoms with Gasteiger partial charge < -0.3 is 9.90 Å². The highest BCUT2D eigenvalue weighted by atomic mass is 16.3. The molecule has 1 aromatic rings. The Morgan fingerprint density at radius 1 is 1.75 bits per heavy atom. The smallest absolute Gasteiger partial charge is 0.151 e. The summed E-state index contributed by atoms with van der Waals surface area (Å²) in [6.07, 6.45) is 4.14. The molecule has 1 N–H and O–H groups in total. The van der Waals surface area contributed by atoms with E-state index in [1.807, 2.05) is 6.07 Å². The first-order valence-electron chi connectivity index (χ1n) is 3.72. The van der Waals surface area contributed by atoms with Gasteiger partial charge in [0, 0.05) is 18.8 Å². The van der Waals surface area contributed by atoms with Gasteiger partial charge in [0.15, 0.2) is 6.29 Å². The number of carbonyl (C=O) groups is 1. The molecule has 3 heteroatoms. The molecule has 0 bridgehead atoms. The molecule has 1 heterocycles. The van der Waals surface area contributed by atoms with Crippen LogP contribution in [-0.2, 0) is 11.2 Å². The van der Waals surface area contributed by atoms with E-state index in [-0.39, 0.29) is 0 Å². The summed E-state index contributed by atoms with van der Waals surface area (Å²) in [6.45, 7) is 1.48. The predicted octanol–water partition coefficient (Wildman–Crippen LogP) is 0.574. The van der Waals surface area contributed by atoms with E-state index in [9.17, 15) is 9.90 Å². The maximum Gasteiger partial charge on any atom is 0.151 e. The lowest BCUT2D eigenvalue weighted by atomic mass is 10.00. The van der Waals surface area contributed by atoms with Crippen LogP contribution in [-0.4, -0.2) is 22.0 Å². The topological polar surface area (TPSA) is 50.2 Å². The van der Waals surface area contributed by atoms with E-state index in [1.54, 1.807) is 18.5 Å². The third kappa shape index (κ3) is 2.43. The Morgan fingerprint density at radius 2 is 2.50 bits per heavy atom. The Labute approximate surface area is 71.1 Å². The summed E-state index contributed by atoms with van der Waals surface area (Å²) < 4.78 is 0. The molecular weight excluding hydrogens is 154 g/mol.